The quantitative estimate of drug-likeness (QED) is 0.689. The number of hydrogen-bond donors (Lipinski definition) is 2. The Morgan fingerprint density at radius 2 is 1.67 bits per heavy atom. The van der Waals surface area contributed by atoms with Crippen LogP contribution in [-0.2, 0) is 11.3 Å². The van der Waals surface area contributed by atoms with Crippen molar-refractivity contribution in [3.8, 4) is 0 Å². The Morgan fingerprint density at radius 1 is 0.967 bits per heavy atom. The number of carboxylic acid groups (broad SMARTS) is 1. The molecule has 1 fully saturated rings. The van der Waals surface area contributed by atoms with Crippen molar-refractivity contribution in [1.82, 2.24) is 19.6 Å². The van der Waals surface area contributed by atoms with E-state index in [9.17, 15) is 14.4 Å². The first-order chi connectivity index (χ1) is 14.5. The molecule has 0 spiro atoms. The summed E-state index contributed by atoms with van der Waals surface area (Å²) in [5, 5.41) is 16.2. The van der Waals surface area contributed by atoms with Gasteiger partial charge in [-0.25, -0.2) is 4.79 Å². The number of nitrogens with zero attached hydrogens (tertiary/aromatic N) is 4. The average molecular weight is 407 g/mol. The number of benzene rings is 2. The maximum Gasteiger partial charge on any atom is 0.409 e. The minimum absolute atomic E-state index is 0.0215. The molecule has 9 heteroatoms. The van der Waals surface area contributed by atoms with Crippen LogP contribution in [-0.4, -0.2) is 68.8 Å². The van der Waals surface area contributed by atoms with Crippen molar-refractivity contribution in [2.24, 2.45) is 0 Å². The Morgan fingerprint density at radius 3 is 2.37 bits per heavy atom. The van der Waals surface area contributed by atoms with Crippen molar-refractivity contribution >= 4 is 34.5 Å². The van der Waals surface area contributed by atoms with Gasteiger partial charge < -0.3 is 14.9 Å². The van der Waals surface area contributed by atoms with Crippen LogP contribution in [0.15, 0.2) is 54.7 Å². The third-order valence-electron chi connectivity index (χ3n) is 5.04. The maximum atomic E-state index is 12.7. The van der Waals surface area contributed by atoms with Gasteiger partial charge in [-0.15, -0.1) is 0 Å². The van der Waals surface area contributed by atoms with E-state index in [0.29, 0.717) is 42.9 Å². The molecule has 154 valence electrons. The maximum absolute atomic E-state index is 12.7. The number of piperazine rings is 1. The molecule has 1 saturated heterocycles. The van der Waals surface area contributed by atoms with Gasteiger partial charge in [0.1, 0.15) is 6.54 Å². The SMILES string of the molecule is O=C(O)Nc1ccc2nn(CC(=O)N3CCN(C(=O)c4ccccc4)CC3)cc2c1. The Bertz CT molecular complexity index is 1090. The first-order valence-electron chi connectivity index (χ1n) is 9.59. The van der Waals surface area contributed by atoms with Gasteiger partial charge in [0.15, 0.2) is 0 Å². The summed E-state index contributed by atoms with van der Waals surface area (Å²) >= 11 is 0. The smallest absolute Gasteiger partial charge is 0.409 e. The number of rotatable bonds is 4. The zero-order valence-electron chi connectivity index (χ0n) is 16.2. The van der Waals surface area contributed by atoms with Gasteiger partial charge in [-0.1, -0.05) is 18.2 Å². The molecule has 0 bridgehead atoms. The Kier molecular flexibility index (Phi) is 5.34. The predicted octanol–water partition coefficient (Wildman–Crippen LogP) is 2.11. The molecule has 0 radical (unpaired) electrons. The summed E-state index contributed by atoms with van der Waals surface area (Å²) in [5.74, 6) is -0.0923. The van der Waals surface area contributed by atoms with Gasteiger partial charge in [-0.05, 0) is 30.3 Å². The van der Waals surface area contributed by atoms with Crippen molar-refractivity contribution in [1.29, 1.82) is 0 Å². The molecule has 2 aromatic carbocycles. The fraction of sp³-hybridized carbons (Fsp3) is 0.238. The highest BCUT2D eigenvalue weighted by atomic mass is 16.4. The number of nitrogens with one attached hydrogen (secondary N) is 1. The molecule has 1 aliphatic rings. The standard InChI is InChI=1S/C21H21N5O4/c27-19(14-26-13-16-12-17(22-21(29)30)6-7-18(16)23-26)24-8-10-25(11-9-24)20(28)15-4-2-1-3-5-15/h1-7,12-13,22H,8-11,14H2,(H,29,30). The first kappa shape index (κ1) is 19.4. The van der Waals surface area contributed by atoms with Crippen LogP contribution in [0.5, 0.6) is 0 Å². The van der Waals surface area contributed by atoms with Gasteiger partial charge >= 0.3 is 6.09 Å². The van der Waals surface area contributed by atoms with E-state index in [1.165, 1.54) is 0 Å². The van der Waals surface area contributed by atoms with Crippen molar-refractivity contribution in [3.05, 3.63) is 60.3 Å². The third kappa shape index (κ3) is 4.24. The highest BCUT2D eigenvalue weighted by molar-refractivity contribution is 5.94. The van der Waals surface area contributed by atoms with Crippen molar-refractivity contribution in [2.45, 2.75) is 6.54 Å². The lowest BCUT2D eigenvalue weighted by Gasteiger charge is -2.34. The minimum atomic E-state index is -1.14. The molecule has 1 aliphatic heterocycles. The molecular weight excluding hydrogens is 386 g/mol. The molecule has 0 atom stereocenters. The summed E-state index contributed by atoms with van der Waals surface area (Å²) in [6.07, 6.45) is 0.580. The molecule has 2 N–H and O–H groups in total. The number of aromatic nitrogens is 2. The van der Waals surface area contributed by atoms with E-state index in [2.05, 4.69) is 10.4 Å². The lowest BCUT2D eigenvalue weighted by Crippen LogP contribution is -2.51. The van der Waals surface area contributed by atoms with Crippen LogP contribution in [0.4, 0.5) is 10.5 Å². The van der Waals surface area contributed by atoms with Crippen molar-refractivity contribution in [2.75, 3.05) is 31.5 Å². The number of carbonyl (C=O) groups excluding carboxylic acids is 2. The summed E-state index contributed by atoms with van der Waals surface area (Å²) < 4.78 is 1.55. The second kappa shape index (κ2) is 8.24. The summed E-state index contributed by atoms with van der Waals surface area (Å²) in [4.78, 5) is 39.5. The second-order valence-electron chi connectivity index (χ2n) is 7.07. The fourth-order valence-corrected chi connectivity index (χ4v) is 3.52. The molecule has 4 rings (SSSR count). The normalized spacial score (nSPS) is 14.0. The largest absolute Gasteiger partial charge is 0.465 e. The lowest BCUT2D eigenvalue weighted by molar-refractivity contribution is -0.133. The highest BCUT2D eigenvalue weighted by Gasteiger charge is 2.25. The molecule has 1 aromatic heterocycles. The predicted molar refractivity (Wildman–Crippen MR) is 110 cm³/mol. The zero-order valence-corrected chi connectivity index (χ0v) is 16.2. The summed E-state index contributed by atoms with van der Waals surface area (Å²) in [5.41, 5.74) is 1.77. The van der Waals surface area contributed by atoms with Gasteiger partial charge in [-0.2, -0.15) is 5.10 Å². The van der Waals surface area contributed by atoms with E-state index < -0.39 is 6.09 Å². The molecule has 0 unspecified atom stereocenters. The molecule has 3 amide bonds. The highest BCUT2D eigenvalue weighted by Crippen LogP contribution is 2.18. The minimum Gasteiger partial charge on any atom is -0.465 e. The van der Waals surface area contributed by atoms with Crippen LogP contribution < -0.4 is 5.32 Å². The van der Waals surface area contributed by atoms with Crippen molar-refractivity contribution in [3.63, 3.8) is 0 Å². The van der Waals surface area contributed by atoms with E-state index in [4.69, 9.17) is 5.11 Å². The van der Waals surface area contributed by atoms with Gasteiger partial charge in [0.05, 0.1) is 5.52 Å². The zero-order chi connectivity index (χ0) is 21.1. The number of fused-ring (bicyclic) bond motifs is 1. The topological polar surface area (TPSA) is 108 Å². The molecule has 30 heavy (non-hydrogen) atoms. The number of hydrogen-bond acceptors (Lipinski definition) is 4. The first-order valence-corrected chi connectivity index (χ1v) is 9.59. The molecule has 9 nitrogen and oxygen atoms in total. The van der Waals surface area contributed by atoms with E-state index in [1.807, 2.05) is 18.2 Å². The van der Waals surface area contributed by atoms with Gasteiger partial charge in [0.2, 0.25) is 5.91 Å². The summed E-state index contributed by atoms with van der Waals surface area (Å²) in [7, 11) is 0. The molecule has 0 aliphatic carbocycles. The van der Waals surface area contributed by atoms with Crippen LogP contribution in [0.3, 0.4) is 0 Å². The Labute approximate surface area is 172 Å². The number of anilines is 1. The monoisotopic (exact) mass is 407 g/mol. The number of carbonyl (C=O) groups is 3. The van der Waals surface area contributed by atoms with Crippen LogP contribution in [0.1, 0.15) is 10.4 Å². The molecule has 2 heterocycles. The van der Waals surface area contributed by atoms with Crippen LogP contribution in [0.25, 0.3) is 10.9 Å². The van der Waals surface area contributed by atoms with Crippen LogP contribution in [0, 0.1) is 0 Å². The van der Waals surface area contributed by atoms with Crippen LogP contribution in [0.2, 0.25) is 0 Å². The summed E-state index contributed by atoms with van der Waals surface area (Å²) in [6, 6.07) is 14.1. The Hall–Kier alpha value is -3.88. The van der Waals surface area contributed by atoms with E-state index >= 15 is 0 Å². The van der Waals surface area contributed by atoms with E-state index in [0.717, 1.165) is 5.39 Å². The van der Waals surface area contributed by atoms with Gasteiger partial charge in [0.25, 0.3) is 5.91 Å². The summed E-state index contributed by atoms with van der Waals surface area (Å²) in [6.45, 7) is 2.02. The lowest BCUT2D eigenvalue weighted by atomic mass is 10.2. The van der Waals surface area contributed by atoms with Crippen molar-refractivity contribution < 1.29 is 19.5 Å². The molecular formula is C21H21N5O4. The molecule has 0 saturated carbocycles. The fourth-order valence-electron chi connectivity index (χ4n) is 3.52. The average Bonchev–Trinajstić information content (AvgIpc) is 3.15. The van der Waals surface area contributed by atoms with Gasteiger partial charge in [-0.3, -0.25) is 19.6 Å². The Balaban J connectivity index is 1.35. The van der Waals surface area contributed by atoms with E-state index in [-0.39, 0.29) is 18.4 Å². The second-order valence-corrected chi connectivity index (χ2v) is 7.07. The third-order valence-corrected chi connectivity index (χ3v) is 5.04. The molecule has 3 aromatic rings. The van der Waals surface area contributed by atoms with E-state index in [1.54, 1.807) is 51.0 Å². The van der Waals surface area contributed by atoms with Gasteiger partial charge in [0, 0.05) is 49.0 Å². The van der Waals surface area contributed by atoms with Crippen LogP contribution >= 0.6 is 0 Å². The number of amides is 3.